The molecule has 4 nitrogen and oxygen atoms in total. The van der Waals surface area contributed by atoms with Crippen molar-refractivity contribution in [3.63, 3.8) is 0 Å². The number of ether oxygens (including phenoxy) is 2. The number of carbonyl (C=O) groups excluding carboxylic acids is 1. The highest BCUT2D eigenvalue weighted by atomic mass is 79.9. The van der Waals surface area contributed by atoms with Gasteiger partial charge in [-0.05, 0) is 52.2 Å². The number of nitrogens with one attached hydrogen (secondary N) is 1. The molecule has 0 radical (unpaired) electrons. The van der Waals surface area contributed by atoms with Crippen LogP contribution >= 0.6 is 31.9 Å². The third kappa shape index (κ3) is 6.17. The number of rotatable bonds is 7. The quantitative estimate of drug-likeness (QED) is 0.617. The first-order chi connectivity index (χ1) is 11.4. The summed E-state index contributed by atoms with van der Waals surface area (Å²) in [6.07, 6.45) is 0. The molecule has 0 heterocycles. The maximum Gasteiger partial charge on any atom is 0.262 e. The maximum absolute atomic E-state index is 12.0. The van der Waals surface area contributed by atoms with Crippen LogP contribution in [0.1, 0.15) is 13.8 Å². The van der Waals surface area contributed by atoms with Crippen LogP contribution in [0, 0.1) is 5.92 Å². The average molecular weight is 457 g/mol. The van der Waals surface area contributed by atoms with Gasteiger partial charge in [0.1, 0.15) is 11.5 Å². The molecular weight excluding hydrogens is 438 g/mol. The van der Waals surface area contributed by atoms with Crippen molar-refractivity contribution in [2.45, 2.75) is 13.8 Å². The number of amides is 1. The fraction of sp³-hybridized carbons (Fsp3) is 0.278. The molecule has 0 bridgehead atoms. The summed E-state index contributed by atoms with van der Waals surface area (Å²) in [7, 11) is 0. The van der Waals surface area contributed by atoms with E-state index in [1.165, 1.54) is 0 Å². The van der Waals surface area contributed by atoms with E-state index in [1.807, 2.05) is 30.3 Å². The summed E-state index contributed by atoms with van der Waals surface area (Å²) in [6, 6.07) is 12.8. The van der Waals surface area contributed by atoms with Crippen LogP contribution in [0.15, 0.2) is 51.4 Å². The Hall–Kier alpha value is -1.53. The standard InChI is InChI=1S/C18H19Br2NO3/c1-12(2)10-23-15-5-3-4-14(9-15)21-18(22)11-24-17-7-6-13(19)8-16(17)20/h3-9,12H,10-11H2,1-2H3,(H,21,22). The number of hydrogen-bond donors (Lipinski definition) is 1. The van der Waals surface area contributed by atoms with Gasteiger partial charge in [0.15, 0.2) is 6.61 Å². The molecule has 0 atom stereocenters. The molecule has 2 rings (SSSR count). The lowest BCUT2D eigenvalue weighted by atomic mass is 10.2. The molecule has 0 saturated carbocycles. The lowest BCUT2D eigenvalue weighted by Crippen LogP contribution is -2.20. The molecule has 0 aliphatic carbocycles. The fourth-order valence-electron chi connectivity index (χ4n) is 1.86. The van der Waals surface area contributed by atoms with Crippen molar-refractivity contribution in [3.8, 4) is 11.5 Å². The van der Waals surface area contributed by atoms with Gasteiger partial charge < -0.3 is 14.8 Å². The lowest BCUT2D eigenvalue weighted by Gasteiger charge is -2.11. The smallest absolute Gasteiger partial charge is 0.262 e. The summed E-state index contributed by atoms with van der Waals surface area (Å²) in [4.78, 5) is 12.0. The van der Waals surface area contributed by atoms with Crippen molar-refractivity contribution in [3.05, 3.63) is 51.4 Å². The predicted molar refractivity (Wildman–Crippen MR) is 103 cm³/mol. The Morgan fingerprint density at radius 1 is 1.12 bits per heavy atom. The highest BCUT2D eigenvalue weighted by molar-refractivity contribution is 9.11. The Balaban J connectivity index is 1.89. The second kappa shape index (κ2) is 9.08. The summed E-state index contributed by atoms with van der Waals surface area (Å²) in [6.45, 7) is 4.74. The highest BCUT2D eigenvalue weighted by Gasteiger charge is 2.07. The van der Waals surface area contributed by atoms with Gasteiger partial charge in [-0.25, -0.2) is 0 Å². The minimum Gasteiger partial charge on any atom is -0.493 e. The molecule has 0 fully saturated rings. The molecule has 0 aliphatic heterocycles. The molecule has 24 heavy (non-hydrogen) atoms. The molecule has 6 heteroatoms. The Bertz CT molecular complexity index is 704. The second-order valence-corrected chi connectivity index (χ2v) is 7.41. The molecule has 0 unspecified atom stereocenters. The van der Waals surface area contributed by atoms with Crippen LogP contribution < -0.4 is 14.8 Å². The molecule has 0 aromatic heterocycles. The van der Waals surface area contributed by atoms with Crippen LogP contribution in [0.4, 0.5) is 5.69 Å². The third-order valence-corrected chi connectivity index (χ3v) is 4.07. The zero-order valence-electron chi connectivity index (χ0n) is 13.5. The van der Waals surface area contributed by atoms with E-state index in [1.54, 1.807) is 12.1 Å². The van der Waals surface area contributed by atoms with Gasteiger partial charge in [-0.3, -0.25) is 4.79 Å². The van der Waals surface area contributed by atoms with Gasteiger partial charge in [-0.15, -0.1) is 0 Å². The van der Waals surface area contributed by atoms with Crippen molar-refractivity contribution in [2.75, 3.05) is 18.5 Å². The van der Waals surface area contributed by atoms with Crippen LogP contribution in [0.3, 0.4) is 0 Å². The minimum atomic E-state index is -0.231. The first-order valence-electron chi connectivity index (χ1n) is 7.54. The fourth-order valence-corrected chi connectivity index (χ4v) is 3.02. The van der Waals surface area contributed by atoms with Gasteiger partial charge in [0.25, 0.3) is 5.91 Å². The molecule has 0 saturated heterocycles. The van der Waals surface area contributed by atoms with Gasteiger partial charge in [0.2, 0.25) is 0 Å². The number of anilines is 1. The summed E-state index contributed by atoms with van der Waals surface area (Å²) < 4.78 is 12.9. The largest absolute Gasteiger partial charge is 0.493 e. The van der Waals surface area contributed by atoms with E-state index in [4.69, 9.17) is 9.47 Å². The van der Waals surface area contributed by atoms with Gasteiger partial charge in [-0.2, -0.15) is 0 Å². The zero-order chi connectivity index (χ0) is 17.5. The SMILES string of the molecule is CC(C)COc1cccc(NC(=O)COc2ccc(Br)cc2Br)c1. The molecule has 2 aromatic rings. The summed E-state index contributed by atoms with van der Waals surface area (Å²) >= 11 is 6.77. The Morgan fingerprint density at radius 3 is 2.62 bits per heavy atom. The first-order valence-corrected chi connectivity index (χ1v) is 9.13. The topological polar surface area (TPSA) is 47.6 Å². The second-order valence-electron chi connectivity index (χ2n) is 5.64. The summed E-state index contributed by atoms with van der Waals surface area (Å²) in [5.41, 5.74) is 0.680. The van der Waals surface area contributed by atoms with E-state index < -0.39 is 0 Å². The van der Waals surface area contributed by atoms with E-state index in [-0.39, 0.29) is 12.5 Å². The Kier molecular flexibility index (Phi) is 7.12. The predicted octanol–water partition coefficient (Wildman–Crippen LogP) is 5.26. The molecule has 0 spiro atoms. The van der Waals surface area contributed by atoms with Crippen molar-refractivity contribution >= 4 is 43.5 Å². The van der Waals surface area contributed by atoms with E-state index in [9.17, 15) is 4.79 Å². The number of hydrogen-bond acceptors (Lipinski definition) is 3. The summed E-state index contributed by atoms with van der Waals surface area (Å²) in [5.74, 6) is 1.56. The molecule has 1 amide bonds. The van der Waals surface area contributed by atoms with Crippen LogP contribution in [0.5, 0.6) is 11.5 Å². The van der Waals surface area contributed by atoms with E-state index in [0.29, 0.717) is 24.0 Å². The molecule has 1 N–H and O–H groups in total. The van der Waals surface area contributed by atoms with Gasteiger partial charge >= 0.3 is 0 Å². The molecule has 2 aromatic carbocycles. The van der Waals surface area contributed by atoms with Gasteiger partial charge in [0, 0.05) is 16.2 Å². The third-order valence-electron chi connectivity index (χ3n) is 2.95. The number of carbonyl (C=O) groups is 1. The average Bonchev–Trinajstić information content (AvgIpc) is 2.52. The van der Waals surface area contributed by atoms with Crippen LogP contribution in [-0.2, 0) is 4.79 Å². The minimum absolute atomic E-state index is 0.0721. The van der Waals surface area contributed by atoms with Crippen LogP contribution in [0.25, 0.3) is 0 Å². The number of halogens is 2. The monoisotopic (exact) mass is 455 g/mol. The van der Waals surface area contributed by atoms with E-state index in [2.05, 4.69) is 51.0 Å². The van der Waals surface area contributed by atoms with Crippen molar-refractivity contribution < 1.29 is 14.3 Å². The van der Waals surface area contributed by atoms with Crippen molar-refractivity contribution in [2.24, 2.45) is 5.92 Å². The van der Waals surface area contributed by atoms with E-state index >= 15 is 0 Å². The molecule has 0 aliphatic rings. The van der Waals surface area contributed by atoms with Crippen LogP contribution in [-0.4, -0.2) is 19.1 Å². The molecular formula is C18H19Br2NO3. The van der Waals surface area contributed by atoms with Gasteiger partial charge in [-0.1, -0.05) is 35.8 Å². The maximum atomic E-state index is 12.0. The molecule has 128 valence electrons. The number of benzene rings is 2. The lowest BCUT2D eigenvalue weighted by molar-refractivity contribution is -0.118. The van der Waals surface area contributed by atoms with Crippen LogP contribution in [0.2, 0.25) is 0 Å². The Morgan fingerprint density at radius 2 is 1.92 bits per heavy atom. The Labute approximate surface area is 158 Å². The summed E-state index contributed by atoms with van der Waals surface area (Å²) in [5, 5.41) is 2.80. The van der Waals surface area contributed by atoms with E-state index in [0.717, 1.165) is 14.7 Å². The first kappa shape index (κ1) is 18.8. The normalized spacial score (nSPS) is 10.5. The van der Waals surface area contributed by atoms with Crippen molar-refractivity contribution in [1.82, 2.24) is 0 Å². The van der Waals surface area contributed by atoms with Gasteiger partial charge in [0.05, 0.1) is 11.1 Å². The highest BCUT2D eigenvalue weighted by Crippen LogP contribution is 2.28. The zero-order valence-corrected chi connectivity index (χ0v) is 16.7. The van der Waals surface area contributed by atoms with Crippen molar-refractivity contribution in [1.29, 1.82) is 0 Å².